The number of aliphatic hydroxyl groups is 1. The van der Waals surface area contributed by atoms with Crippen molar-refractivity contribution in [2.75, 3.05) is 7.11 Å². The maximum atomic E-state index is 13.5. The van der Waals surface area contributed by atoms with Crippen LogP contribution in [0.15, 0.2) is 41.2 Å². The second-order valence-corrected chi connectivity index (χ2v) is 5.80. The van der Waals surface area contributed by atoms with Crippen molar-refractivity contribution in [3.63, 3.8) is 0 Å². The average molecular weight is 363 g/mol. The fraction of sp³-hybridized carbons (Fsp3) is 0.167. The zero-order valence-electron chi connectivity index (χ0n) is 13.3. The van der Waals surface area contributed by atoms with Gasteiger partial charge >= 0.3 is 6.18 Å². The molecule has 0 saturated heterocycles. The maximum Gasteiger partial charge on any atom is 0.417 e. The molecule has 2 N–H and O–H groups in total. The molecule has 3 aromatic rings. The Kier molecular flexibility index (Phi) is 3.48. The third kappa shape index (κ3) is 2.33. The number of alkyl halides is 3. The number of aromatic amines is 1. The van der Waals surface area contributed by atoms with Gasteiger partial charge in [0.25, 0.3) is 0 Å². The lowest BCUT2D eigenvalue weighted by atomic mass is 9.90. The van der Waals surface area contributed by atoms with Crippen molar-refractivity contribution >= 4 is 10.9 Å². The number of pyridine rings is 1. The van der Waals surface area contributed by atoms with Crippen LogP contribution in [0, 0.1) is 0 Å². The molecule has 0 spiro atoms. The highest BCUT2D eigenvalue weighted by molar-refractivity contribution is 5.95. The minimum Gasteiger partial charge on any atom is -0.496 e. The van der Waals surface area contributed by atoms with Gasteiger partial charge in [0, 0.05) is 22.5 Å². The number of halogens is 3. The van der Waals surface area contributed by atoms with Crippen LogP contribution in [0.5, 0.6) is 11.5 Å². The second kappa shape index (κ2) is 5.50. The van der Waals surface area contributed by atoms with E-state index in [9.17, 15) is 23.1 Å². The average Bonchev–Trinajstić information content (AvgIpc) is 2.59. The predicted octanol–water partition coefficient (Wildman–Crippen LogP) is 3.61. The number of aromatic nitrogens is 1. The van der Waals surface area contributed by atoms with Gasteiger partial charge in [-0.2, -0.15) is 13.2 Å². The van der Waals surface area contributed by atoms with E-state index in [0.29, 0.717) is 28.7 Å². The summed E-state index contributed by atoms with van der Waals surface area (Å²) < 4.78 is 51.3. The van der Waals surface area contributed by atoms with Crippen molar-refractivity contribution in [2.24, 2.45) is 0 Å². The van der Waals surface area contributed by atoms with E-state index in [1.807, 2.05) is 0 Å². The van der Waals surface area contributed by atoms with E-state index in [2.05, 4.69) is 4.98 Å². The van der Waals surface area contributed by atoms with Crippen molar-refractivity contribution < 1.29 is 27.8 Å². The second-order valence-electron chi connectivity index (χ2n) is 5.80. The van der Waals surface area contributed by atoms with Crippen LogP contribution in [0.4, 0.5) is 13.2 Å². The Labute approximate surface area is 144 Å². The first-order valence-corrected chi connectivity index (χ1v) is 7.60. The van der Waals surface area contributed by atoms with Crippen LogP contribution in [0.2, 0.25) is 0 Å². The molecule has 8 heteroatoms. The molecule has 0 aliphatic carbocycles. The molecule has 5 nitrogen and oxygen atoms in total. The number of nitrogens with one attached hydrogen (secondary N) is 1. The first kappa shape index (κ1) is 16.5. The molecule has 0 saturated carbocycles. The van der Waals surface area contributed by atoms with Crippen LogP contribution in [-0.2, 0) is 6.18 Å². The molecule has 26 heavy (non-hydrogen) atoms. The standard InChI is InChI=1S/C18H12F3NO4/c1-25-11-3-2-4-12-14(11)8-5-6-10-16(15(8)17(24)26-12)9(18(19,20)21)7-13(23)22-10/h2-7,17,24H,1H3,(H,22,23). The zero-order valence-corrected chi connectivity index (χ0v) is 13.3. The van der Waals surface area contributed by atoms with Gasteiger partial charge in [0.15, 0.2) is 0 Å². The highest BCUT2D eigenvalue weighted by Gasteiger charge is 2.37. The number of H-pyrrole nitrogens is 1. The first-order valence-electron chi connectivity index (χ1n) is 7.60. The topological polar surface area (TPSA) is 71.6 Å². The highest BCUT2D eigenvalue weighted by atomic mass is 19.4. The van der Waals surface area contributed by atoms with E-state index in [0.717, 1.165) is 0 Å². The quantitative estimate of drug-likeness (QED) is 0.693. The van der Waals surface area contributed by atoms with Gasteiger partial charge < -0.3 is 19.6 Å². The van der Waals surface area contributed by atoms with Gasteiger partial charge in [-0.3, -0.25) is 4.79 Å². The lowest BCUT2D eigenvalue weighted by Crippen LogP contribution is -2.19. The Balaban J connectivity index is 2.17. The van der Waals surface area contributed by atoms with Crippen LogP contribution < -0.4 is 15.0 Å². The van der Waals surface area contributed by atoms with Crippen LogP contribution in [0.25, 0.3) is 22.0 Å². The number of fused-ring (bicyclic) bond motifs is 5. The SMILES string of the molecule is COc1cccc2c1-c1ccc3[nH]c(=O)cc(C(F)(F)F)c3c1C(O)O2. The first-order chi connectivity index (χ1) is 12.3. The third-order valence-electron chi connectivity index (χ3n) is 4.32. The summed E-state index contributed by atoms with van der Waals surface area (Å²) in [5, 5.41) is 10.1. The molecule has 1 atom stereocenters. The van der Waals surface area contributed by atoms with Gasteiger partial charge in [-0.05, 0) is 23.8 Å². The van der Waals surface area contributed by atoms with Gasteiger partial charge in [-0.25, -0.2) is 0 Å². The fourth-order valence-corrected chi connectivity index (χ4v) is 3.31. The maximum absolute atomic E-state index is 13.5. The molecule has 0 radical (unpaired) electrons. The fourth-order valence-electron chi connectivity index (χ4n) is 3.31. The summed E-state index contributed by atoms with van der Waals surface area (Å²) in [6.07, 6.45) is -6.40. The monoisotopic (exact) mass is 363 g/mol. The summed E-state index contributed by atoms with van der Waals surface area (Å²) in [5.41, 5.74) is -1.33. The van der Waals surface area contributed by atoms with Crippen molar-refractivity contribution in [1.82, 2.24) is 4.98 Å². The van der Waals surface area contributed by atoms with Crippen LogP contribution >= 0.6 is 0 Å². The zero-order chi connectivity index (χ0) is 18.6. The van der Waals surface area contributed by atoms with Crippen LogP contribution in [0.3, 0.4) is 0 Å². The highest BCUT2D eigenvalue weighted by Crippen LogP contribution is 2.49. The lowest BCUT2D eigenvalue weighted by Gasteiger charge is -2.28. The van der Waals surface area contributed by atoms with Crippen molar-refractivity contribution in [3.05, 3.63) is 57.9 Å². The molecule has 4 rings (SSSR count). The van der Waals surface area contributed by atoms with Gasteiger partial charge in [0.05, 0.1) is 18.2 Å². The molecule has 1 unspecified atom stereocenters. The Morgan fingerprint density at radius 1 is 1.23 bits per heavy atom. The van der Waals surface area contributed by atoms with Crippen molar-refractivity contribution in [2.45, 2.75) is 12.5 Å². The Morgan fingerprint density at radius 3 is 2.69 bits per heavy atom. The van der Waals surface area contributed by atoms with Crippen LogP contribution in [0.1, 0.15) is 17.4 Å². The molecular formula is C18H12F3NO4. The summed E-state index contributed by atoms with van der Waals surface area (Å²) in [7, 11) is 1.43. The normalized spacial score (nSPS) is 16.0. The summed E-state index contributed by atoms with van der Waals surface area (Å²) in [5.74, 6) is 0.690. The van der Waals surface area contributed by atoms with E-state index < -0.39 is 23.6 Å². The number of rotatable bonds is 1. The van der Waals surface area contributed by atoms with Gasteiger partial charge in [-0.1, -0.05) is 12.1 Å². The largest absolute Gasteiger partial charge is 0.496 e. The molecule has 0 fully saturated rings. The van der Waals surface area contributed by atoms with E-state index in [4.69, 9.17) is 9.47 Å². The molecular weight excluding hydrogens is 351 g/mol. The van der Waals surface area contributed by atoms with Crippen LogP contribution in [-0.4, -0.2) is 17.2 Å². The molecule has 0 bridgehead atoms. The molecule has 2 heterocycles. The summed E-state index contributed by atoms with van der Waals surface area (Å²) in [4.78, 5) is 14.0. The smallest absolute Gasteiger partial charge is 0.417 e. The summed E-state index contributed by atoms with van der Waals surface area (Å²) in [6.45, 7) is 0. The van der Waals surface area contributed by atoms with E-state index in [-0.39, 0.29) is 16.5 Å². The number of hydrogen-bond donors (Lipinski definition) is 2. The number of benzene rings is 2. The Bertz CT molecular complexity index is 1090. The third-order valence-corrected chi connectivity index (χ3v) is 4.32. The van der Waals surface area contributed by atoms with E-state index in [1.54, 1.807) is 18.2 Å². The van der Waals surface area contributed by atoms with E-state index >= 15 is 0 Å². The van der Waals surface area contributed by atoms with Gasteiger partial charge in [0.2, 0.25) is 11.8 Å². The molecule has 0 amide bonds. The van der Waals surface area contributed by atoms with E-state index in [1.165, 1.54) is 19.2 Å². The Hall–Kier alpha value is -3.00. The number of methoxy groups -OCH3 is 1. The Morgan fingerprint density at radius 2 is 2.00 bits per heavy atom. The number of ether oxygens (including phenoxy) is 2. The lowest BCUT2D eigenvalue weighted by molar-refractivity contribution is -0.136. The van der Waals surface area contributed by atoms with Crippen molar-refractivity contribution in [3.8, 4) is 22.6 Å². The summed E-state index contributed by atoms with van der Waals surface area (Å²) >= 11 is 0. The summed E-state index contributed by atoms with van der Waals surface area (Å²) in [6, 6.07) is 8.26. The van der Waals surface area contributed by atoms with Crippen molar-refractivity contribution in [1.29, 1.82) is 0 Å². The molecule has 1 aromatic heterocycles. The molecule has 1 aliphatic rings. The molecule has 134 valence electrons. The number of aliphatic hydroxyl groups excluding tert-OH is 1. The van der Waals surface area contributed by atoms with Gasteiger partial charge in [-0.15, -0.1) is 0 Å². The minimum absolute atomic E-state index is 0.0374. The molecule has 2 aromatic carbocycles. The molecule has 1 aliphatic heterocycles. The minimum atomic E-state index is -4.78. The predicted molar refractivity (Wildman–Crippen MR) is 87.1 cm³/mol. The number of hydrogen-bond acceptors (Lipinski definition) is 4. The van der Waals surface area contributed by atoms with Gasteiger partial charge in [0.1, 0.15) is 11.5 Å².